The van der Waals surface area contributed by atoms with Crippen molar-refractivity contribution in [2.45, 2.75) is 46.2 Å². The van der Waals surface area contributed by atoms with E-state index in [9.17, 15) is 4.79 Å². The number of hydrogen-bond donors (Lipinski definition) is 1. The van der Waals surface area contributed by atoms with E-state index in [0.717, 1.165) is 75.9 Å². The van der Waals surface area contributed by atoms with Gasteiger partial charge in [-0.1, -0.05) is 12.1 Å². The average molecular weight is 416 g/mol. The summed E-state index contributed by atoms with van der Waals surface area (Å²) in [5.41, 5.74) is 2.30. The zero-order valence-corrected chi connectivity index (χ0v) is 19.0. The molecule has 1 N–H and O–H groups in total. The Morgan fingerprint density at radius 1 is 1.13 bits per heavy atom. The van der Waals surface area contributed by atoms with Crippen LogP contribution in [0.1, 0.15) is 37.8 Å². The largest absolute Gasteiger partial charge is 0.496 e. The third kappa shape index (κ3) is 5.45. The first kappa shape index (κ1) is 22.4. The molecule has 7 heteroatoms. The molecule has 3 rings (SSSR count). The van der Waals surface area contributed by atoms with Crippen LogP contribution in [0.25, 0.3) is 0 Å². The molecule has 2 heterocycles. The molecule has 0 radical (unpaired) electrons. The van der Waals surface area contributed by atoms with E-state index in [0.29, 0.717) is 6.54 Å². The molecule has 30 heavy (non-hydrogen) atoms. The van der Waals surface area contributed by atoms with Crippen LogP contribution < -0.4 is 10.1 Å². The number of nitrogens with zero attached hydrogens (tertiary/aromatic N) is 4. The van der Waals surface area contributed by atoms with Gasteiger partial charge in [0, 0.05) is 45.8 Å². The molecule has 7 nitrogen and oxygen atoms in total. The molecule has 2 saturated heterocycles. The molecule has 166 valence electrons. The zero-order valence-electron chi connectivity index (χ0n) is 19.0. The lowest BCUT2D eigenvalue weighted by Gasteiger charge is -2.39. The number of aliphatic imine (C=N–C) groups is 1. The van der Waals surface area contributed by atoms with Gasteiger partial charge >= 0.3 is 0 Å². The minimum atomic E-state index is -0.0351. The minimum absolute atomic E-state index is 0.0351. The standard InChI is InChI=1S/C23H37N5O2/c1-5-24-23(25-17-20-8-9-21(30-4)18(2)16-20)28-14-12-26(13-15-28)19(3)22(29)27-10-6-7-11-27/h8-9,16,19H,5-7,10-15,17H2,1-4H3,(H,24,25). The Bertz CT molecular complexity index is 737. The van der Waals surface area contributed by atoms with Gasteiger partial charge < -0.3 is 19.9 Å². The second-order valence-corrected chi connectivity index (χ2v) is 8.21. The highest BCUT2D eigenvalue weighted by Crippen LogP contribution is 2.19. The van der Waals surface area contributed by atoms with Crippen molar-refractivity contribution in [1.82, 2.24) is 20.0 Å². The molecule has 1 aromatic rings. The van der Waals surface area contributed by atoms with Crippen LogP contribution >= 0.6 is 0 Å². The summed E-state index contributed by atoms with van der Waals surface area (Å²) in [5, 5.41) is 3.43. The smallest absolute Gasteiger partial charge is 0.239 e. The number of benzene rings is 1. The van der Waals surface area contributed by atoms with Gasteiger partial charge in [-0.3, -0.25) is 9.69 Å². The second-order valence-electron chi connectivity index (χ2n) is 8.21. The molecule has 0 spiro atoms. The van der Waals surface area contributed by atoms with Crippen molar-refractivity contribution in [2.75, 3.05) is 52.9 Å². The van der Waals surface area contributed by atoms with Crippen molar-refractivity contribution in [2.24, 2.45) is 4.99 Å². The molecule has 1 atom stereocenters. The van der Waals surface area contributed by atoms with Crippen LogP contribution in [0, 0.1) is 6.92 Å². The normalized spacial score (nSPS) is 19.1. The highest BCUT2D eigenvalue weighted by molar-refractivity contribution is 5.82. The van der Waals surface area contributed by atoms with Crippen molar-refractivity contribution in [3.05, 3.63) is 29.3 Å². The topological polar surface area (TPSA) is 60.4 Å². The molecule has 2 aliphatic rings. The highest BCUT2D eigenvalue weighted by atomic mass is 16.5. The van der Waals surface area contributed by atoms with E-state index in [4.69, 9.17) is 9.73 Å². The lowest BCUT2D eigenvalue weighted by atomic mass is 10.1. The van der Waals surface area contributed by atoms with Crippen molar-refractivity contribution in [3.63, 3.8) is 0 Å². The van der Waals surface area contributed by atoms with E-state index in [2.05, 4.69) is 48.0 Å². The van der Waals surface area contributed by atoms with Gasteiger partial charge in [-0.25, -0.2) is 4.99 Å². The number of nitrogens with one attached hydrogen (secondary N) is 1. The molecule has 0 aromatic heterocycles. The van der Waals surface area contributed by atoms with Crippen LogP contribution in [0.4, 0.5) is 0 Å². The van der Waals surface area contributed by atoms with E-state index >= 15 is 0 Å². The first-order valence-electron chi connectivity index (χ1n) is 11.2. The van der Waals surface area contributed by atoms with Gasteiger partial charge in [-0.05, 0) is 50.8 Å². The first-order chi connectivity index (χ1) is 14.5. The van der Waals surface area contributed by atoms with Crippen LogP contribution in [-0.2, 0) is 11.3 Å². The number of likely N-dealkylation sites (tertiary alicyclic amines) is 1. The fourth-order valence-corrected chi connectivity index (χ4v) is 4.31. The number of guanidine groups is 1. The molecule has 2 aliphatic heterocycles. The Morgan fingerprint density at radius 2 is 1.83 bits per heavy atom. The fraction of sp³-hybridized carbons (Fsp3) is 0.652. The molecule has 0 bridgehead atoms. The van der Waals surface area contributed by atoms with Gasteiger partial charge in [0.25, 0.3) is 0 Å². The molecular weight excluding hydrogens is 378 g/mol. The number of piperazine rings is 1. The maximum absolute atomic E-state index is 12.7. The predicted molar refractivity (Wildman–Crippen MR) is 121 cm³/mol. The third-order valence-electron chi connectivity index (χ3n) is 6.14. The Labute approximate surface area is 181 Å². The van der Waals surface area contributed by atoms with Crippen LogP contribution in [-0.4, -0.2) is 85.5 Å². The molecule has 1 amide bonds. The van der Waals surface area contributed by atoms with Crippen molar-refractivity contribution >= 4 is 11.9 Å². The van der Waals surface area contributed by atoms with Crippen LogP contribution in [0.15, 0.2) is 23.2 Å². The van der Waals surface area contributed by atoms with Gasteiger partial charge in [0.05, 0.1) is 19.7 Å². The number of hydrogen-bond acceptors (Lipinski definition) is 4. The van der Waals surface area contributed by atoms with Gasteiger partial charge in [-0.15, -0.1) is 0 Å². The maximum atomic E-state index is 12.7. The molecule has 1 aromatic carbocycles. The molecule has 0 saturated carbocycles. The summed E-state index contributed by atoms with van der Waals surface area (Å²) in [6.07, 6.45) is 2.28. The lowest BCUT2D eigenvalue weighted by Crippen LogP contribution is -2.57. The number of carbonyl (C=O) groups excluding carboxylic acids is 1. The number of amides is 1. The second kappa shape index (κ2) is 10.7. The number of methoxy groups -OCH3 is 1. The summed E-state index contributed by atoms with van der Waals surface area (Å²) < 4.78 is 5.35. The van der Waals surface area contributed by atoms with E-state index in [-0.39, 0.29) is 11.9 Å². The van der Waals surface area contributed by atoms with Crippen molar-refractivity contribution < 1.29 is 9.53 Å². The van der Waals surface area contributed by atoms with E-state index in [1.807, 2.05) is 11.0 Å². The Morgan fingerprint density at radius 3 is 2.43 bits per heavy atom. The Balaban J connectivity index is 1.57. The summed E-state index contributed by atoms with van der Waals surface area (Å²) in [6, 6.07) is 6.18. The van der Waals surface area contributed by atoms with Crippen LogP contribution in [0.5, 0.6) is 5.75 Å². The highest BCUT2D eigenvalue weighted by Gasteiger charge is 2.30. The fourth-order valence-electron chi connectivity index (χ4n) is 4.31. The number of carbonyl (C=O) groups is 1. The molecular formula is C23H37N5O2. The van der Waals surface area contributed by atoms with E-state index in [1.54, 1.807) is 7.11 Å². The minimum Gasteiger partial charge on any atom is -0.496 e. The number of aryl methyl sites for hydroxylation is 1. The number of ether oxygens (including phenoxy) is 1. The third-order valence-corrected chi connectivity index (χ3v) is 6.14. The van der Waals surface area contributed by atoms with Gasteiger partial charge in [-0.2, -0.15) is 0 Å². The predicted octanol–water partition coefficient (Wildman–Crippen LogP) is 2.10. The van der Waals surface area contributed by atoms with E-state index < -0.39 is 0 Å². The zero-order chi connectivity index (χ0) is 21.5. The van der Waals surface area contributed by atoms with Gasteiger partial charge in [0.1, 0.15) is 5.75 Å². The van der Waals surface area contributed by atoms with Crippen LogP contribution in [0.2, 0.25) is 0 Å². The van der Waals surface area contributed by atoms with Crippen LogP contribution in [0.3, 0.4) is 0 Å². The summed E-state index contributed by atoms with van der Waals surface area (Å²) >= 11 is 0. The van der Waals surface area contributed by atoms with Gasteiger partial charge in [0.15, 0.2) is 5.96 Å². The summed E-state index contributed by atoms with van der Waals surface area (Å²) in [5.74, 6) is 2.14. The lowest BCUT2D eigenvalue weighted by molar-refractivity contribution is -0.135. The van der Waals surface area contributed by atoms with Crippen molar-refractivity contribution in [3.8, 4) is 5.75 Å². The summed E-state index contributed by atoms with van der Waals surface area (Å²) in [4.78, 5) is 24.2. The average Bonchev–Trinajstić information content (AvgIpc) is 3.31. The monoisotopic (exact) mass is 415 g/mol. The maximum Gasteiger partial charge on any atom is 0.239 e. The first-order valence-corrected chi connectivity index (χ1v) is 11.2. The van der Waals surface area contributed by atoms with Crippen molar-refractivity contribution in [1.29, 1.82) is 0 Å². The quantitative estimate of drug-likeness (QED) is 0.570. The molecule has 0 aliphatic carbocycles. The SMILES string of the molecule is CCNC(=NCc1ccc(OC)c(C)c1)N1CCN(C(C)C(=O)N2CCCC2)CC1. The van der Waals surface area contributed by atoms with Gasteiger partial charge in [0.2, 0.25) is 5.91 Å². The Hall–Kier alpha value is -2.28. The molecule has 1 unspecified atom stereocenters. The van der Waals surface area contributed by atoms with E-state index in [1.165, 1.54) is 5.56 Å². The summed E-state index contributed by atoms with van der Waals surface area (Å²) in [7, 11) is 1.70. The Kier molecular flexibility index (Phi) is 7.96. The number of rotatable bonds is 6. The summed E-state index contributed by atoms with van der Waals surface area (Å²) in [6.45, 7) is 13.1. The molecule has 2 fully saturated rings.